The molecule has 4 bridgehead atoms. The first-order valence-corrected chi connectivity index (χ1v) is 19.7. The highest BCUT2D eigenvalue weighted by molar-refractivity contribution is 6.00. The Hall–Kier alpha value is -3.88. The van der Waals surface area contributed by atoms with Crippen LogP contribution >= 0.6 is 0 Å². The first-order valence-electron chi connectivity index (χ1n) is 19.7. The minimum absolute atomic E-state index is 0.129. The van der Waals surface area contributed by atoms with Crippen LogP contribution in [-0.2, 0) is 11.0 Å². The van der Waals surface area contributed by atoms with Gasteiger partial charge in [-0.2, -0.15) is 13.2 Å². The van der Waals surface area contributed by atoms with Gasteiger partial charge < -0.3 is 19.7 Å². The molecule has 3 aromatic rings. The summed E-state index contributed by atoms with van der Waals surface area (Å²) in [5, 5.41) is 13.5. The van der Waals surface area contributed by atoms with Crippen LogP contribution in [0.4, 0.5) is 26.3 Å². The molecule has 15 heteroatoms. The number of ether oxygens (including phenoxy) is 1. The lowest BCUT2D eigenvalue weighted by molar-refractivity contribution is -0.163. The SMILES string of the molecule is O=C(NC1(C(=O)O)C2CC3CC(C2)CC1C3)c1cnc(-c2cn(C3CCC(F)(F)CC3)c3cc(OC4CCN(CC5(F)CC5)CC4)ccc23)nc1C(F)(F)F. The lowest BCUT2D eigenvalue weighted by Gasteiger charge is -2.59. The number of nitrogens with zero attached hydrogens (tertiary/aromatic N) is 4. The Morgan fingerprint density at radius 3 is 2.18 bits per heavy atom. The van der Waals surface area contributed by atoms with Crippen LogP contribution in [0.25, 0.3) is 22.3 Å². The molecular weight excluding hydrogens is 728 g/mol. The third kappa shape index (κ3) is 6.75. The summed E-state index contributed by atoms with van der Waals surface area (Å²) in [7, 11) is 0. The smallest absolute Gasteiger partial charge is 0.434 e. The number of aromatic nitrogens is 3. The van der Waals surface area contributed by atoms with Crippen LogP contribution in [0, 0.1) is 23.7 Å². The molecule has 0 unspecified atom stereocenters. The standard InChI is InChI=1S/C40H45F6N5O4/c41-37(9-10-37)21-50-11-5-27(6-12-50)55-28-1-2-29-31(20-51(32(29)18-28)26-3-7-38(42,43)8-4-26)34-47-19-30(33(48-34)40(44,45)46)35(52)49-39(36(53)54)24-14-22-13-23(16-24)17-25(39)15-22/h1-2,18-20,22-27H,3-17,21H2,(H,49,52)(H,53,54). The van der Waals surface area contributed by atoms with Crippen LogP contribution in [0.2, 0.25) is 0 Å². The van der Waals surface area contributed by atoms with E-state index in [9.17, 15) is 41.0 Å². The Morgan fingerprint density at radius 2 is 1.58 bits per heavy atom. The van der Waals surface area contributed by atoms with Gasteiger partial charge in [0.1, 0.15) is 23.1 Å². The van der Waals surface area contributed by atoms with E-state index in [-0.39, 0.29) is 61.1 Å². The maximum atomic E-state index is 14.8. The average Bonchev–Trinajstić information content (AvgIpc) is 3.74. The summed E-state index contributed by atoms with van der Waals surface area (Å²) < 4.78 is 95.3. The predicted octanol–water partition coefficient (Wildman–Crippen LogP) is 8.22. The molecule has 7 aliphatic rings. The number of amides is 1. The van der Waals surface area contributed by atoms with E-state index in [0.29, 0.717) is 99.5 Å². The highest BCUT2D eigenvalue weighted by Crippen LogP contribution is 2.58. The number of alkyl halides is 6. The monoisotopic (exact) mass is 773 g/mol. The summed E-state index contributed by atoms with van der Waals surface area (Å²) in [6.07, 6.45) is 2.87. The van der Waals surface area contributed by atoms with Crippen LogP contribution in [-0.4, -0.2) is 79.3 Å². The summed E-state index contributed by atoms with van der Waals surface area (Å²) in [6, 6.07) is 4.80. The predicted molar refractivity (Wildman–Crippen MR) is 188 cm³/mol. The zero-order valence-corrected chi connectivity index (χ0v) is 30.4. The number of halogens is 6. The molecule has 1 aliphatic heterocycles. The molecule has 9 nitrogen and oxygen atoms in total. The first kappa shape index (κ1) is 36.7. The number of rotatable bonds is 9. The zero-order chi connectivity index (χ0) is 38.5. The van der Waals surface area contributed by atoms with Gasteiger partial charge in [-0.3, -0.25) is 9.69 Å². The van der Waals surface area contributed by atoms with E-state index < -0.39 is 46.4 Å². The summed E-state index contributed by atoms with van der Waals surface area (Å²) in [4.78, 5) is 36.9. The van der Waals surface area contributed by atoms with E-state index in [2.05, 4.69) is 20.2 Å². The second-order valence-electron chi connectivity index (χ2n) is 17.3. The number of piperidine rings is 1. The molecule has 3 heterocycles. The van der Waals surface area contributed by atoms with Gasteiger partial charge in [-0.15, -0.1) is 0 Å². The minimum atomic E-state index is -5.09. The molecule has 1 amide bonds. The number of carboxylic acids is 1. The van der Waals surface area contributed by atoms with E-state index in [4.69, 9.17) is 4.74 Å². The third-order valence-electron chi connectivity index (χ3n) is 13.7. The number of carbonyl (C=O) groups is 2. The van der Waals surface area contributed by atoms with Gasteiger partial charge in [0, 0.05) is 67.9 Å². The first-order chi connectivity index (χ1) is 26.1. The molecule has 55 heavy (non-hydrogen) atoms. The van der Waals surface area contributed by atoms with Gasteiger partial charge >= 0.3 is 12.1 Å². The molecular formula is C40H45F6N5O4. The number of fused-ring (bicyclic) bond motifs is 1. The van der Waals surface area contributed by atoms with Crippen LogP contribution in [0.5, 0.6) is 5.75 Å². The number of nitrogens with one attached hydrogen (secondary N) is 1. The molecule has 6 saturated carbocycles. The van der Waals surface area contributed by atoms with Crippen molar-refractivity contribution in [1.29, 1.82) is 0 Å². The highest BCUT2D eigenvalue weighted by Gasteiger charge is 2.62. The number of hydrogen-bond acceptors (Lipinski definition) is 6. The van der Waals surface area contributed by atoms with E-state index in [1.54, 1.807) is 29.0 Å². The van der Waals surface area contributed by atoms with E-state index >= 15 is 0 Å². The topological polar surface area (TPSA) is 110 Å². The molecule has 1 aromatic carbocycles. The molecule has 6 aliphatic carbocycles. The van der Waals surface area contributed by atoms with E-state index in [1.165, 1.54) is 0 Å². The second kappa shape index (κ2) is 13.1. The molecule has 1 saturated heterocycles. The van der Waals surface area contributed by atoms with Crippen molar-refractivity contribution in [3.8, 4) is 17.1 Å². The molecule has 0 radical (unpaired) electrons. The fraction of sp³-hybridized carbons (Fsp3) is 0.650. The van der Waals surface area contributed by atoms with Crippen LogP contribution < -0.4 is 10.1 Å². The van der Waals surface area contributed by atoms with Crippen LogP contribution in [0.15, 0.2) is 30.6 Å². The van der Waals surface area contributed by atoms with Crippen molar-refractivity contribution in [2.45, 2.75) is 119 Å². The summed E-state index contributed by atoms with van der Waals surface area (Å²) in [6.45, 7) is 1.82. The lowest BCUT2D eigenvalue weighted by Crippen LogP contribution is -2.70. The maximum Gasteiger partial charge on any atom is 0.434 e. The highest BCUT2D eigenvalue weighted by atomic mass is 19.4. The van der Waals surface area contributed by atoms with Crippen molar-refractivity contribution in [3.05, 3.63) is 41.9 Å². The van der Waals surface area contributed by atoms with Gasteiger partial charge in [-0.05, 0) is 106 Å². The van der Waals surface area contributed by atoms with E-state index in [0.717, 1.165) is 12.6 Å². The average molecular weight is 774 g/mol. The molecule has 0 spiro atoms. The second-order valence-corrected chi connectivity index (χ2v) is 17.3. The largest absolute Gasteiger partial charge is 0.490 e. The van der Waals surface area contributed by atoms with Gasteiger partial charge in [0.15, 0.2) is 11.5 Å². The number of likely N-dealkylation sites (tertiary alicyclic amines) is 1. The van der Waals surface area contributed by atoms with Gasteiger partial charge in [0.05, 0.1) is 11.1 Å². The quantitative estimate of drug-likeness (QED) is 0.211. The number of benzene rings is 1. The third-order valence-corrected chi connectivity index (χ3v) is 13.7. The molecule has 10 rings (SSSR count). The van der Waals surface area contributed by atoms with Crippen molar-refractivity contribution in [2.24, 2.45) is 23.7 Å². The summed E-state index contributed by atoms with van der Waals surface area (Å²) >= 11 is 0. The Morgan fingerprint density at radius 1 is 0.927 bits per heavy atom. The summed E-state index contributed by atoms with van der Waals surface area (Å²) in [5.41, 5.74) is -4.28. The Balaban J connectivity index is 1.03. The fourth-order valence-corrected chi connectivity index (χ4v) is 10.8. The minimum Gasteiger partial charge on any atom is -0.490 e. The number of carbonyl (C=O) groups excluding carboxylic acids is 1. The number of aliphatic carboxylic acids is 1. The maximum absolute atomic E-state index is 14.8. The van der Waals surface area contributed by atoms with Crippen molar-refractivity contribution < 1.29 is 45.8 Å². The van der Waals surface area contributed by atoms with Crippen molar-refractivity contribution in [1.82, 2.24) is 24.8 Å². The van der Waals surface area contributed by atoms with Crippen LogP contribution in [0.1, 0.15) is 106 Å². The molecule has 0 atom stereocenters. The number of carboxylic acid groups (broad SMARTS) is 1. The Bertz CT molecular complexity index is 1970. The number of hydrogen-bond donors (Lipinski definition) is 2. The van der Waals surface area contributed by atoms with Crippen molar-refractivity contribution in [2.75, 3.05) is 19.6 Å². The lowest BCUT2D eigenvalue weighted by atomic mass is 9.48. The van der Waals surface area contributed by atoms with Crippen LogP contribution in [0.3, 0.4) is 0 Å². The zero-order valence-electron chi connectivity index (χ0n) is 30.4. The molecule has 2 N–H and O–H groups in total. The Kier molecular flexibility index (Phi) is 8.74. The molecule has 7 fully saturated rings. The van der Waals surface area contributed by atoms with Gasteiger partial charge in [-0.25, -0.2) is 27.9 Å². The van der Waals surface area contributed by atoms with E-state index in [1.807, 2.05) is 0 Å². The fourth-order valence-electron chi connectivity index (χ4n) is 10.8. The van der Waals surface area contributed by atoms with Gasteiger partial charge in [-0.1, -0.05) is 0 Å². The van der Waals surface area contributed by atoms with Crippen molar-refractivity contribution >= 4 is 22.8 Å². The van der Waals surface area contributed by atoms with Gasteiger partial charge in [0.2, 0.25) is 5.92 Å². The Labute approximate surface area is 314 Å². The molecule has 296 valence electrons. The van der Waals surface area contributed by atoms with Gasteiger partial charge in [0.25, 0.3) is 5.91 Å². The normalized spacial score (nSPS) is 30.4. The van der Waals surface area contributed by atoms with Crippen molar-refractivity contribution in [3.63, 3.8) is 0 Å². The molecule has 2 aromatic heterocycles. The summed E-state index contributed by atoms with van der Waals surface area (Å²) in [5.74, 6) is -5.03.